The maximum absolute atomic E-state index is 13.2. The number of amides is 3. The lowest BCUT2D eigenvalue weighted by molar-refractivity contribution is -0.120. The summed E-state index contributed by atoms with van der Waals surface area (Å²) in [7, 11) is 0. The third-order valence-corrected chi connectivity index (χ3v) is 6.13. The van der Waals surface area contributed by atoms with Crippen molar-refractivity contribution in [3.63, 3.8) is 0 Å². The van der Waals surface area contributed by atoms with Crippen LogP contribution in [0.5, 0.6) is 0 Å². The van der Waals surface area contributed by atoms with E-state index in [1.165, 1.54) is 36.4 Å². The number of carbonyl (C=O) groups is 5. The van der Waals surface area contributed by atoms with Crippen molar-refractivity contribution in [3.05, 3.63) is 100 Å². The van der Waals surface area contributed by atoms with Gasteiger partial charge in [-0.2, -0.15) is 0 Å². The van der Waals surface area contributed by atoms with Crippen molar-refractivity contribution < 1.29 is 33.4 Å². The summed E-state index contributed by atoms with van der Waals surface area (Å²) in [5, 5.41) is 5.26. The van der Waals surface area contributed by atoms with Gasteiger partial charge >= 0.3 is 11.9 Å². The summed E-state index contributed by atoms with van der Waals surface area (Å²) in [5.41, 5.74) is 1.78. The third-order valence-electron chi connectivity index (χ3n) is 5.78. The molecule has 0 bridgehead atoms. The number of hydrogen-bond donors (Lipinski definition) is 2. The molecule has 1 aliphatic heterocycles. The van der Waals surface area contributed by atoms with Crippen LogP contribution < -0.4 is 15.5 Å². The van der Waals surface area contributed by atoms with E-state index in [1.54, 1.807) is 57.2 Å². The normalized spacial score (nSPS) is 13.0. The molecule has 210 valence electrons. The number of carbonyl (C=O) groups excluding carboxylic acids is 5. The van der Waals surface area contributed by atoms with Gasteiger partial charge in [-0.15, -0.1) is 0 Å². The number of anilines is 3. The largest absolute Gasteiger partial charge is 0.462 e. The molecule has 0 saturated carbocycles. The van der Waals surface area contributed by atoms with Crippen molar-refractivity contribution in [1.29, 1.82) is 0 Å². The smallest absolute Gasteiger partial charge is 0.338 e. The van der Waals surface area contributed by atoms with Crippen LogP contribution in [0, 0.1) is 0 Å². The minimum Gasteiger partial charge on any atom is -0.462 e. The first-order chi connectivity index (χ1) is 19.6. The standard InChI is InChI=1S/C30H26ClN3O7/c1-4-40-29(38)19-10-14-22(15-11-19)33-26(35)18-8-12-21(13-9-18)32-25-24(31)27(36)34(28(25)37)23-7-5-6-20(16-23)30(39)41-17(2)3/h5-17,32H,4H2,1-3H3,(H,33,35). The van der Waals surface area contributed by atoms with E-state index in [2.05, 4.69) is 10.6 Å². The Morgan fingerprint density at radius 2 is 1.46 bits per heavy atom. The zero-order valence-electron chi connectivity index (χ0n) is 22.4. The van der Waals surface area contributed by atoms with Crippen molar-refractivity contribution in [2.45, 2.75) is 26.9 Å². The topological polar surface area (TPSA) is 131 Å². The minimum absolute atomic E-state index is 0.147. The summed E-state index contributed by atoms with van der Waals surface area (Å²) < 4.78 is 10.1. The molecule has 1 aliphatic rings. The molecule has 1 heterocycles. The maximum atomic E-state index is 13.2. The monoisotopic (exact) mass is 575 g/mol. The van der Waals surface area contributed by atoms with Crippen molar-refractivity contribution in [2.24, 2.45) is 0 Å². The number of esters is 2. The van der Waals surface area contributed by atoms with Crippen LogP contribution in [0.25, 0.3) is 0 Å². The summed E-state index contributed by atoms with van der Waals surface area (Å²) in [4.78, 5) is 63.6. The summed E-state index contributed by atoms with van der Waals surface area (Å²) in [6.07, 6.45) is -0.338. The molecule has 0 fully saturated rings. The Bertz CT molecular complexity index is 1550. The highest BCUT2D eigenvalue weighted by atomic mass is 35.5. The van der Waals surface area contributed by atoms with Gasteiger partial charge in [0.15, 0.2) is 0 Å². The number of imide groups is 1. The van der Waals surface area contributed by atoms with Gasteiger partial charge in [0, 0.05) is 16.9 Å². The predicted molar refractivity (Wildman–Crippen MR) is 153 cm³/mol. The second kappa shape index (κ2) is 12.5. The van der Waals surface area contributed by atoms with Crippen LogP contribution in [0.3, 0.4) is 0 Å². The van der Waals surface area contributed by atoms with Crippen LogP contribution in [0.15, 0.2) is 83.5 Å². The van der Waals surface area contributed by atoms with E-state index in [4.69, 9.17) is 21.1 Å². The van der Waals surface area contributed by atoms with Crippen LogP contribution in [-0.4, -0.2) is 42.4 Å². The molecule has 41 heavy (non-hydrogen) atoms. The van der Waals surface area contributed by atoms with Gasteiger partial charge in [-0.1, -0.05) is 17.7 Å². The average molecular weight is 576 g/mol. The molecule has 10 nitrogen and oxygen atoms in total. The van der Waals surface area contributed by atoms with E-state index < -0.39 is 29.7 Å². The van der Waals surface area contributed by atoms with E-state index in [9.17, 15) is 24.0 Å². The SMILES string of the molecule is CCOC(=O)c1ccc(NC(=O)c2ccc(NC3=C(Cl)C(=O)N(c4cccc(C(=O)OC(C)C)c4)C3=O)cc2)cc1. The second-order valence-electron chi connectivity index (χ2n) is 9.09. The van der Waals surface area contributed by atoms with Gasteiger partial charge in [0.25, 0.3) is 17.7 Å². The lowest BCUT2D eigenvalue weighted by Gasteiger charge is -2.16. The van der Waals surface area contributed by atoms with Crippen LogP contribution in [0.2, 0.25) is 0 Å². The van der Waals surface area contributed by atoms with Gasteiger partial charge in [-0.05, 0) is 87.5 Å². The molecular weight excluding hydrogens is 550 g/mol. The Balaban J connectivity index is 1.43. The molecule has 0 unspecified atom stereocenters. The molecule has 2 N–H and O–H groups in total. The summed E-state index contributed by atoms with van der Waals surface area (Å²) in [5.74, 6) is -2.89. The van der Waals surface area contributed by atoms with Crippen molar-refractivity contribution in [1.82, 2.24) is 0 Å². The fraction of sp³-hybridized carbons (Fsp3) is 0.167. The number of halogens is 1. The molecule has 0 saturated heterocycles. The van der Waals surface area contributed by atoms with Gasteiger partial charge in [-0.25, -0.2) is 14.5 Å². The van der Waals surface area contributed by atoms with Gasteiger partial charge in [0.1, 0.15) is 10.7 Å². The number of benzene rings is 3. The van der Waals surface area contributed by atoms with E-state index >= 15 is 0 Å². The van der Waals surface area contributed by atoms with E-state index in [-0.39, 0.29) is 34.7 Å². The zero-order chi connectivity index (χ0) is 29.7. The lowest BCUT2D eigenvalue weighted by atomic mass is 10.1. The van der Waals surface area contributed by atoms with Crippen LogP contribution in [0.1, 0.15) is 51.8 Å². The molecule has 4 rings (SSSR count). The molecule has 3 aromatic carbocycles. The highest BCUT2D eigenvalue weighted by molar-refractivity contribution is 6.53. The predicted octanol–water partition coefficient (Wildman–Crippen LogP) is 5.12. The Kier molecular flexibility index (Phi) is 8.84. The van der Waals surface area contributed by atoms with E-state index in [1.807, 2.05) is 0 Å². The first-order valence-corrected chi connectivity index (χ1v) is 13.0. The fourth-order valence-electron chi connectivity index (χ4n) is 3.86. The van der Waals surface area contributed by atoms with E-state index in [0.717, 1.165) is 4.90 Å². The molecule has 0 aromatic heterocycles. The number of nitrogens with one attached hydrogen (secondary N) is 2. The zero-order valence-corrected chi connectivity index (χ0v) is 23.2. The molecule has 0 radical (unpaired) electrons. The average Bonchev–Trinajstić information content (AvgIpc) is 3.16. The van der Waals surface area contributed by atoms with E-state index in [0.29, 0.717) is 22.5 Å². The second-order valence-corrected chi connectivity index (χ2v) is 9.47. The van der Waals surface area contributed by atoms with Gasteiger partial charge in [-0.3, -0.25) is 14.4 Å². The molecule has 0 aliphatic carbocycles. The molecule has 3 amide bonds. The Labute approximate surface area is 240 Å². The number of nitrogens with zero attached hydrogens (tertiary/aromatic N) is 1. The Morgan fingerprint density at radius 3 is 2.10 bits per heavy atom. The van der Waals surface area contributed by atoms with Gasteiger partial charge < -0.3 is 20.1 Å². The number of hydrogen-bond acceptors (Lipinski definition) is 8. The van der Waals surface area contributed by atoms with Gasteiger partial charge in [0.2, 0.25) is 0 Å². The molecule has 3 aromatic rings. The highest BCUT2D eigenvalue weighted by Crippen LogP contribution is 2.31. The molecular formula is C30H26ClN3O7. The van der Waals surface area contributed by atoms with Crippen LogP contribution in [0.4, 0.5) is 17.1 Å². The molecule has 0 atom stereocenters. The van der Waals surface area contributed by atoms with Crippen LogP contribution >= 0.6 is 11.6 Å². The fourth-order valence-corrected chi connectivity index (χ4v) is 4.07. The van der Waals surface area contributed by atoms with Crippen LogP contribution in [-0.2, 0) is 19.1 Å². The molecule has 11 heteroatoms. The number of rotatable bonds is 9. The lowest BCUT2D eigenvalue weighted by Crippen LogP contribution is -2.32. The van der Waals surface area contributed by atoms with Gasteiger partial charge in [0.05, 0.1) is 29.5 Å². The minimum atomic E-state index is -0.751. The summed E-state index contributed by atoms with van der Waals surface area (Å²) in [6.45, 7) is 5.40. The maximum Gasteiger partial charge on any atom is 0.338 e. The molecule has 0 spiro atoms. The number of ether oxygens (including phenoxy) is 2. The highest BCUT2D eigenvalue weighted by Gasteiger charge is 2.39. The quantitative estimate of drug-likeness (QED) is 0.266. The third kappa shape index (κ3) is 6.62. The summed E-state index contributed by atoms with van der Waals surface area (Å²) >= 11 is 6.23. The van der Waals surface area contributed by atoms with Crippen molar-refractivity contribution >= 4 is 58.3 Å². The summed E-state index contributed by atoms with van der Waals surface area (Å²) in [6, 6.07) is 18.4. The van der Waals surface area contributed by atoms with Crippen molar-refractivity contribution in [3.8, 4) is 0 Å². The first kappa shape index (κ1) is 29.0. The first-order valence-electron chi connectivity index (χ1n) is 12.6. The van der Waals surface area contributed by atoms with Crippen molar-refractivity contribution in [2.75, 3.05) is 22.1 Å². The Hall–Kier alpha value is -4.96. The Morgan fingerprint density at radius 1 is 0.829 bits per heavy atom.